The smallest absolute Gasteiger partial charge is 0.0754 e. The molecule has 10 aromatic rings. The minimum absolute atomic E-state index is 0.107. The van der Waals surface area contributed by atoms with Crippen LogP contribution in [0.2, 0.25) is 0 Å². The van der Waals surface area contributed by atoms with Crippen molar-refractivity contribution >= 4 is 44.9 Å². The van der Waals surface area contributed by atoms with Crippen molar-refractivity contribution in [3.63, 3.8) is 0 Å². The number of rotatable bonds is 6. The van der Waals surface area contributed by atoms with Crippen LogP contribution in [-0.4, -0.2) is 0 Å². The number of hydrogen-bond acceptors (Lipinski definition) is 2. The van der Waals surface area contributed by atoms with Crippen LogP contribution in [0.4, 0.5) is 34.1 Å². The molecule has 0 amide bonds. The first kappa shape index (κ1) is 36.7. The number of nitrogens with zero attached hydrogens (tertiary/aromatic N) is 2. The molecule has 302 valence electrons. The average Bonchev–Trinajstić information content (AvgIpc) is 3.78. The summed E-state index contributed by atoms with van der Waals surface area (Å²) in [4.78, 5) is 4.89. The first-order valence-corrected chi connectivity index (χ1v) is 22.4. The van der Waals surface area contributed by atoms with Crippen molar-refractivity contribution in [1.29, 1.82) is 0 Å². The van der Waals surface area contributed by atoms with E-state index < -0.39 is 5.41 Å². The normalized spacial score (nSPS) is 15.8. The van der Waals surface area contributed by atoms with E-state index in [2.05, 4.69) is 254 Å². The van der Waals surface area contributed by atoms with Crippen molar-refractivity contribution in [2.24, 2.45) is 0 Å². The number of hydrogen-bond donors (Lipinski definition) is 0. The Labute approximate surface area is 375 Å². The Bertz CT molecular complexity index is 3480. The van der Waals surface area contributed by atoms with Gasteiger partial charge in [0.2, 0.25) is 0 Å². The lowest BCUT2D eigenvalue weighted by Gasteiger charge is -2.44. The van der Waals surface area contributed by atoms with Crippen molar-refractivity contribution in [3.05, 3.63) is 264 Å². The summed E-state index contributed by atoms with van der Waals surface area (Å²) in [5, 5.41) is 2.46. The molecule has 2 nitrogen and oxygen atoms in total. The average molecular weight is 817 g/mol. The van der Waals surface area contributed by atoms with Gasteiger partial charge in [-0.05, 0) is 139 Å². The van der Waals surface area contributed by atoms with Crippen LogP contribution in [-0.2, 0) is 10.8 Å². The second-order valence-electron chi connectivity index (χ2n) is 18.1. The van der Waals surface area contributed by atoms with Gasteiger partial charge in [-0.3, -0.25) is 0 Å². The van der Waals surface area contributed by atoms with Gasteiger partial charge >= 0.3 is 0 Å². The zero-order valence-electron chi connectivity index (χ0n) is 35.8. The maximum absolute atomic E-state index is 2.48. The van der Waals surface area contributed by atoms with Gasteiger partial charge in [-0.15, -0.1) is 0 Å². The van der Waals surface area contributed by atoms with Crippen LogP contribution in [0.15, 0.2) is 231 Å². The van der Waals surface area contributed by atoms with Gasteiger partial charge in [0.05, 0.1) is 16.8 Å². The van der Waals surface area contributed by atoms with E-state index in [1.54, 1.807) is 0 Å². The standard InChI is InChI=1S/C62H44N2/c1-61(2)54-24-12-11-22-50(54)51-37-35-49(40-56(51)61)63(48-34-30-41-16-9-10-17-43(41)38-48)47-32-28-42(29-33-47)44-31-36-52-53-23-15-27-59-60(53)62(57(52)39-44,45-18-5-3-6-19-45)55-25-13-14-26-58(55)64(59)46-20-7-4-8-21-46/h3-40H,1-2H3. The van der Waals surface area contributed by atoms with Crippen molar-refractivity contribution in [3.8, 4) is 33.4 Å². The lowest BCUT2D eigenvalue weighted by atomic mass is 9.64. The summed E-state index contributed by atoms with van der Waals surface area (Å²) >= 11 is 0. The molecule has 1 aliphatic heterocycles. The second kappa shape index (κ2) is 13.8. The van der Waals surface area contributed by atoms with Gasteiger partial charge in [0.25, 0.3) is 0 Å². The molecule has 1 unspecified atom stereocenters. The quantitative estimate of drug-likeness (QED) is 0.165. The number of fused-ring (bicyclic) bond motifs is 9. The molecule has 0 radical (unpaired) electrons. The fourth-order valence-electron chi connectivity index (χ4n) is 11.5. The van der Waals surface area contributed by atoms with Gasteiger partial charge in [-0.25, -0.2) is 0 Å². The predicted octanol–water partition coefficient (Wildman–Crippen LogP) is 16.4. The molecular weight excluding hydrogens is 773 g/mol. The highest BCUT2D eigenvalue weighted by atomic mass is 15.2. The van der Waals surface area contributed by atoms with Crippen molar-refractivity contribution in [2.75, 3.05) is 9.80 Å². The summed E-state index contributed by atoms with van der Waals surface area (Å²) in [5.41, 5.74) is 22.0. The van der Waals surface area contributed by atoms with Gasteiger partial charge in [0.15, 0.2) is 0 Å². The van der Waals surface area contributed by atoms with Gasteiger partial charge in [0, 0.05) is 33.7 Å². The van der Waals surface area contributed by atoms with Crippen LogP contribution in [0, 0.1) is 0 Å². The summed E-state index contributed by atoms with van der Waals surface area (Å²) in [7, 11) is 0. The lowest BCUT2D eigenvalue weighted by molar-refractivity contribution is 0.660. The van der Waals surface area contributed by atoms with E-state index in [1.165, 1.54) is 88.9 Å². The zero-order valence-corrected chi connectivity index (χ0v) is 35.8. The molecule has 0 spiro atoms. The Morgan fingerprint density at radius 2 is 0.938 bits per heavy atom. The molecule has 13 rings (SSSR count). The Balaban J connectivity index is 0.964. The zero-order chi connectivity index (χ0) is 42.6. The Morgan fingerprint density at radius 1 is 0.359 bits per heavy atom. The first-order chi connectivity index (χ1) is 31.5. The first-order valence-electron chi connectivity index (χ1n) is 22.4. The van der Waals surface area contributed by atoms with Gasteiger partial charge < -0.3 is 9.80 Å². The van der Waals surface area contributed by atoms with Crippen LogP contribution >= 0.6 is 0 Å². The molecule has 10 aromatic carbocycles. The molecule has 64 heavy (non-hydrogen) atoms. The Hall–Kier alpha value is -7.94. The fraction of sp³-hybridized carbons (Fsp3) is 0.0645. The van der Waals surface area contributed by atoms with Gasteiger partial charge in [-0.1, -0.05) is 178 Å². The number of anilines is 6. The highest BCUT2D eigenvalue weighted by molar-refractivity contribution is 6.00. The molecule has 0 fully saturated rings. The summed E-state index contributed by atoms with van der Waals surface area (Å²) in [6.07, 6.45) is 0. The van der Waals surface area contributed by atoms with Crippen LogP contribution in [0.5, 0.6) is 0 Å². The van der Waals surface area contributed by atoms with Crippen LogP contribution < -0.4 is 9.80 Å². The summed E-state index contributed by atoms with van der Waals surface area (Å²) in [6, 6.07) is 85.8. The van der Waals surface area contributed by atoms with Crippen molar-refractivity contribution in [2.45, 2.75) is 24.7 Å². The monoisotopic (exact) mass is 816 g/mol. The summed E-state index contributed by atoms with van der Waals surface area (Å²) < 4.78 is 0. The molecule has 1 heterocycles. The molecule has 2 heteroatoms. The third-order valence-electron chi connectivity index (χ3n) is 14.4. The van der Waals surface area contributed by atoms with Crippen LogP contribution in [0.25, 0.3) is 44.2 Å². The third kappa shape index (κ3) is 5.14. The number of benzene rings is 10. The maximum Gasteiger partial charge on any atom is 0.0754 e. The van der Waals surface area contributed by atoms with E-state index in [-0.39, 0.29) is 5.41 Å². The molecule has 3 aliphatic rings. The van der Waals surface area contributed by atoms with Gasteiger partial charge in [0.1, 0.15) is 0 Å². The fourth-order valence-corrected chi connectivity index (χ4v) is 11.5. The molecular formula is C62H44N2. The Morgan fingerprint density at radius 3 is 1.77 bits per heavy atom. The summed E-state index contributed by atoms with van der Waals surface area (Å²) in [5.74, 6) is 0. The molecule has 2 aliphatic carbocycles. The SMILES string of the molecule is CC1(C)c2ccccc2-c2ccc(N(c3ccc(-c4ccc5c(c4)C4(c6ccccc6)c6ccccc6N(c6ccccc6)c6cccc-5c64)cc3)c3ccc4ccccc4c3)cc21. The topological polar surface area (TPSA) is 6.48 Å². The third-order valence-corrected chi connectivity index (χ3v) is 14.4. The molecule has 0 bridgehead atoms. The molecule has 0 saturated carbocycles. The lowest BCUT2D eigenvalue weighted by Crippen LogP contribution is -2.35. The van der Waals surface area contributed by atoms with Crippen molar-refractivity contribution in [1.82, 2.24) is 0 Å². The minimum Gasteiger partial charge on any atom is -0.310 e. The second-order valence-corrected chi connectivity index (χ2v) is 18.1. The van der Waals surface area contributed by atoms with Crippen LogP contribution in [0.1, 0.15) is 47.2 Å². The van der Waals surface area contributed by atoms with E-state index >= 15 is 0 Å². The van der Waals surface area contributed by atoms with E-state index in [4.69, 9.17) is 0 Å². The Kier molecular flexibility index (Phi) is 7.90. The van der Waals surface area contributed by atoms with E-state index in [0.717, 1.165) is 22.7 Å². The minimum atomic E-state index is -0.506. The highest BCUT2D eigenvalue weighted by Crippen LogP contribution is 2.65. The van der Waals surface area contributed by atoms with Crippen molar-refractivity contribution < 1.29 is 0 Å². The molecule has 0 saturated heterocycles. The summed E-state index contributed by atoms with van der Waals surface area (Å²) in [6.45, 7) is 4.72. The predicted molar refractivity (Wildman–Crippen MR) is 267 cm³/mol. The molecule has 0 N–H and O–H groups in total. The molecule has 1 atom stereocenters. The van der Waals surface area contributed by atoms with Crippen LogP contribution in [0.3, 0.4) is 0 Å². The largest absolute Gasteiger partial charge is 0.310 e. The number of para-hydroxylation sites is 2. The maximum atomic E-state index is 2.48. The van der Waals surface area contributed by atoms with Gasteiger partial charge in [-0.2, -0.15) is 0 Å². The highest BCUT2D eigenvalue weighted by Gasteiger charge is 2.52. The van der Waals surface area contributed by atoms with E-state index in [1.807, 2.05) is 0 Å². The molecule has 0 aromatic heterocycles. The van der Waals surface area contributed by atoms with E-state index in [0.29, 0.717) is 0 Å². The van der Waals surface area contributed by atoms with E-state index in [9.17, 15) is 0 Å².